The number of fused-ring (bicyclic) bond motifs is 1. The maximum absolute atomic E-state index is 13.4. The van der Waals surface area contributed by atoms with E-state index in [1.54, 1.807) is 24.4 Å². The van der Waals surface area contributed by atoms with Gasteiger partial charge in [0.05, 0.1) is 11.4 Å². The highest BCUT2D eigenvalue weighted by atomic mass is 19.1. The van der Waals surface area contributed by atoms with Gasteiger partial charge in [-0.1, -0.05) is 18.2 Å². The summed E-state index contributed by atoms with van der Waals surface area (Å²) in [6.45, 7) is 0. The molecule has 3 rings (SSSR count). The van der Waals surface area contributed by atoms with E-state index in [0.29, 0.717) is 5.69 Å². The normalized spacial score (nSPS) is 10.4. The molecule has 3 N–H and O–H groups in total. The second-order valence-corrected chi connectivity index (χ2v) is 4.30. The molecule has 0 atom stereocenters. The maximum atomic E-state index is 13.4. The number of carbonyl (C=O) groups is 1. The molecular weight excluding hydrogens is 257 g/mol. The molecule has 0 bridgehead atoms. The van der Waals surface area contributed by atoms with Crippen molar-refractivity contribution in [2.75, 3.05) is 10.6 Å². The Balaban J connectivity index is 1.80. The van der Waals surface area contributed by atoms with E-state index in [1.165, 1.54) is 12.1 Å². The fourth-order valence-electron chi connectivity index (χ4n) is 2.03. The maximum Gasteiger partial charge on any atom is 0.323 e. The van der Waals surface area contributed by atoms with Crippen LogP contribution in [0.2, 0.25) is 0 Å². The number of aromatic amines is 1. The van der Waals surface area contributed by atoms with E-state index < -0.39 is 11.8 Å². The lowest BCUT2D eigenvalue weighted by Gasteiger charge is -2.09. The topological polar surface area (TPSA) is 56.9 Å². The van der Waals surface area contributed by atoms with Crippen molar-refractivity contribution in [2.24, 2.45) is 0 Å². The molecule has 3 aromatic rings. The van der Waals surface area contributed by atoms with Gasteiger partial charge in [-0.2, -0.15) is 0 Å². The zero-order valence-electron chi connectivity index (χ0n) is 10.5. The summed E-state index contributed by atoms with van der Waals surface area (Å²) in [6.07, 6.45) is 1.80. The van der Waals surface area contributed by atoms with Crippen molar-refractivity contribution in [3.05, 3.63) is 60.5 Å². The molecule has 0 aliphatic rings. The molecule has 2 amide bonds. The minimum absolute atomic E-state index is 0.145. The van der Waals surface area contributed by atoms with Gasteiger partial charge in [0.15, 0.2) is 0 Å². The van der Waals surface area contributed by atoms with Gasteiger partial charge < -0.3 is 15.6 Å². The molecule has 0 saturated heterocycles. The monoisotopic (exact) mass is 269 g/mol. The van der Waals surface area contributed by atoms with E-state index in [9.17, 15) is 9.18 Å². The number of benzene rings is 2. The molecule has 0 spiro atoms. The molecule has 2 aromatic carbocycles. The molecule has 0 aliphatic carbocycles. The Morgan fingerprint density at radius 2 is 1.70 bits per heavy atom. The van der Waals surface area contributed by atoms with Crippen LogP contribution in [-0.4, -0.2) is 11.0 Å². The van der Waals surface area contributed by atoms with Gasteiger partial charge in [-0.15, -0.1) is 0 Å². The molecule has 5 heteroatoms. The second-order valence-electron chi connectivity index (χ2n) is 4.30. The van der Waals surface area contributed by atoms with Crippen LogP contribution in [0.15, 0.2) is 54.7 Å². The van der Waals surface area contributed by atoms with Crippen molar-refractivity contribution in [1.29, 1.82) is 0 Å². The van der Waals surface area contributed by atoms with Crippen LogP contribution in [0.1, 0.15) is 0 Å². The van der Waals surface area contributed by atoms with Crippen molar-refractivity contribution < 1.29 is 9.18 Å². The third kappa shape index (κ3) is 2.33. The summed E-state index contributed by atoms with van der Waals surface area (Å²) >= 11 is 0. The quantitative estimate of drug-likeness (QED) is 0.648. The van der Waals surface area contributed by atoms with Gasteiger partial charge >= 0.3 is 6.03 Å². The van der Waals surface area contributed by atoms with Crippen molar-refractivity contribution in [2.45, 2.75) is 0 Å². The summed E-state index contributed by atoms with van der Waals surface area (Å²) in [7, 11) is 0. The molecule has 0 saturated carbocycles. The van der Waals surface area contributed by atoms with Crippen molar-refractivity contribution >= 4 is 28.3 Å². The van der Waals surface area contributed by atoms with E-state index in [-0.39, 0.29) is 5.69 Å². The fourth-order valence-corrected chi connectivity index (χ4v) is 2.03. The Morgan fingerprint density at radius 1 is 0.950 bits per heavy atom. The summed E-state index contributed by atoms with van der Waals surface area (Å²) in [5, 5.41) is 6.09. The van der Waals surface area contributed by atoms with Crippen LogP contribution in [0.4, 0.5) is 20.6 Å². The molecule has 0 aliphatic heterocycles. The van der Waals surface area contributed by atoms with Crippen LogP contribution < -0.4 is 10.6 Å². The number of amides is 2. The van der Waals surface area contributed by atoms with E-state index in [1.807, 2.05) is 18.2 Å². The Kier molecular flexibility index (Phi) is 3.09. The molecule has 1 heterocycles. The lowest BCUT2D eigenvalue weighted by Crippen LogP contribution is -2.20. The Labute approximate surface area is 114 Å². The zero-order valence-corrected chi connectivity index (χ0v) is 10.5. The summed E-state index contributed by atoms with van der Waals surface area (Å²) in [5.74, 6) is -0.470. The van der Waals surface area contributed by atoms with Crippen LogP contribution in [0.3, 0.4) is 0 Å². The number of nitrogens with one attached hydrogen (secondary N) is 3. The van der Waals surface area contributed by atoms with E-state index >= 15 is 0 Å². The molecule has 4 nitrogen and oxygen atoms in total. The molecule has 100 valence electrons. The number of H-pyrrole nitrogens is 1. The first kappa shape index (κ1) is 12.2. The van der Waals surface area contributed by atoms with Crippen molar-refractivity contribution in [3.63, 3.8) is 0 Å². The molecule has 1 aromatic heterocycles. The lowest BCUT2D eigenvalue weighted by atomic mass is 10.2. The summed E-state index contributed by atoms with van der Waals surface area (Å²) in [6, 6.07) is 12.9. The Hall–Kier alpha value is -2.82. The van der Waals surface area contributed by atoms with Crippen LogP contribution in [0, 0.1) is 5.82 Å². The Bertz CT molecular complexity index is 766. The van der Waals surface area contributed by atoms with Gasteiger partial charge in [-0.3, -0.25) is 0 Å². The van der Waals surface area contributed by atoms with Crippen LogP contribution in [0.25, 0.3) is 10.9 Å². The number of urea groups is 1. The van der Waals surface area contributed by atoms with Crippen molar-refractivity contribution in [1.82, 2.24) is 4.98 Å². The first-order valence-electron chi connectivity index (χ1n) is 6.13. The molecular formula is C15H12FN3O. The highest BCUT2D eigenvalue weighted by Crippen LogP contribution is 2.22. The third-order valence-electron chi connectivity index (χ3n) is 2.97. The van der Waals surface area contributed by atoms with Crippen molar-refractivity contribution in [3.8, 4) is 0 Å². The van der Waals surface area contributed by atoms with E-state index in [4.69, 9.17) is 0 Å². The average Bonchev–Trinajstić information content (AvgIpc) is 2.91. The minimum atomic E-state index is -0.483. The van der Waals surface area contributed by atoms with Crippen LogP contribution in [0.5, 0.6) is 0 Å². The van der Waals surface area contributed by atoms with Gasteiger partial charge in [-0.05, 0) is 30.3 Å². The fraction of sp³-hybridized carbons (Fsp3) is 0. The van der Waals surface area contributed by atoms with Crippen LogP contribution in [-0.2, 0) is 0 Å². The zero-order chi connectivity index (χ0) is 13.9. The number of rotatable bonds is 2. The van der Waals surface area contributed by atoms with Gasteiger partial charge in [-0.25, -0.2) is 9.18 Å². The first-order valence-corrected chi connectivity index (χ1v) is 6.13. The average molecular weight is 269 g/mol. The SMILES string of the molecule is O=C(Nc1ccccc1F)Nc1cccc2[nH]ccc12. The smallest absolute Gasteiger partial charge is 0.323 e. The third-order valence-corrected chi connectivity index (χ3v) is 2.97. The number of carbonyl (C=O) groups excluding carboxylic acids is 1. The number of halogens is 1. The molecule has 20 heavy (non-hydrogen) atoms. The lowest BCUT2D eigenvalue weighted by molar-refractivity contribution is 0.262. The predicted octanol–water partition coefficient (Wildman–Crippen LogP) is 3.95. The van der Waals surface area contributed by atoms with Gasteiger partial charge in [0.2, 0.25) is 0 Å². The number of hydrogen-bond acceptors (Lipinski definition) is 1. The standard InChI is InChI=1S/C15H12FN3O/c16-11-4-1-2-5-14(11)19-15(20)18-13-7-3-6-12-10(13)8-9-17-12/h1-9,17H,(H2,18,19,20). The number of para-hydroxylation sites is 1. The predicted molar refractivity (Wildman–Crippen MR) is 77.3 cm³/mol. The van der Waals surface area contributed by atoms with Gasteiger partial charge in [0.25, 0.3) is 0 Å². The highest BCUT2D eigenvalue weighted by Gasteiger charge is 2.08. The number of aromatic nitrogens is 1. The van der Waals surface area contributed by atoms with E-state index in [0.717, 1.165) is 10.9 Å². The van der Waals surface area contributed by atoms with E-state index in [2.05, 4.69) is 15.6 Å². The minimum Gasteiger partial charge on any atom is -0.361 e. The molecule has 0 fully saturated rings. The van der Waals surface area contributed by atoms with Gasteiger partial charge in [0.1, 0.15) is 5.82 Å². The number of hydrogen-bond donors (Lipinski definition) is 3. The molecule has 0 radical (unpaired) electrons. The van der Waals surface area contributed by atoms with Crippen LogP contribution >= 0.6 is 0 Å². The highest BCUT2D eigenvalue weighted by molar-refractivity contribution is 6.05. The molecule has 0 unspecified atom stereocenters. The summed E-state index contributed by atoms with van der Waals surface area (Å²) < 4.78 is 13.4. The second kappa shape index (κ2) is 5.05. The Morgan fingerprint density at radius 3 is 2.55 bits per heavy atom. The first-order chi connectivity index (χ1) is 9.74. The van der Waals surface area contributed by atoms with Gasteiger partial charge in [0, 0.05) is 17.1 Å². The summed E-state index contributed by atoms with van der Waals surface area (Å²) in [4.78, 5) is 15.0. The largest absolute Gasteiger partial charge is 0.361 e. The number of anilines is 2. The summed E-state index contributed by atoms with van der Waals surface area (Å²) in [5.41, 5.74) is 1.73.